The Morgan fingerprint density at radius 3 is 2.05 bits per heavy atom. The normalized spacial score (nSPS) is 15.7. The van der Waals surface area contributed by atoms with Crippen LogP contribution in [0.3, 0.4) is 0 Å². The minimum Gasteiger partial charge on any atom is -0.366 e. The molecule has 8 nitrogen and oxygen atoms in total. The molecule has 0 atom stereocenters. The smallest absolute Gasteiger partial charge is 0.255 e. The Labute approximate surface area is 223 Å². The highest BCUT2D eigenvalue weighted by atomic mass is 16.2. The molecule has 2 aliphatic heterocycles. The second-order valence-corrected chi connectivity index (χ2v) is 9.62. The molecule has 2 N–H and O–H groups in total. The molecule has 2 heterocycles. The molecule has 0 unspecified atom stereocenters. The minimum absolute atomic E-state index is 0.0374. The van der Waals surface area contributed by atoms with E-state index in [0.717, 1.165) is 24.3 Å². The molecule has 8 heteroatoms. The predicted molar refractivity (Wildman–Crippen MR) is 149 cm³/mol. The second-order valence-electron chi connectivity index (χ2n) is 9.62. The predicted octanol–water partition coefficient (Wildman–Crippen LogP) is 2.88. The number of piperazine rings is 2. The highest BCUT2D eigenvalue weighted by Crippen LogP contribution is 2.30. The van der Waals surface area contributed by atoms with Gasteiger partial charge in [0.15, 0.2) is 0 Å². The molecule has 38 heavy (non-hydrogen) atoms. The number of hydrogen-bond donors (Lipinski definition) is 2. The lowest BCUT2D eigenvalue weighted by molar-refractivity contribution is -0.130. The standard InChI is InChI=1S/C30H33N5O3/c36-28(21-23-7-3-1-4-8-23)34-19-17-33(18-20-34)27-12-11-25(30(38)35-15-13-31-14-16-35)22-26(27)32-29(37)24-9-5-2-6-10-24/h1-12,22,31H,13-21H2,(H,32,37). The van der Waals surface area contributed by atoms with Crippen LogP contribution in [0.1, 0.15) is 26.3 Å². The Kier molecular flexibility index (Phi) is 7.99. The van der Waals surface area contributed by atoms with Gasteiger partial charge in [-0.2, -0.15) is 0 Å². The molecule has 0 radical (unpaired) electrons. The van der Waals surface area contributed by atoms with Crippen molar-refractivity contribution in [3.8, 4) is 0 Å². The van der Waals surface area contributed by atoms with Crippen molar-refractivity contribution >= 4 is 29.1 Å². The van der Waals surface area contributed by atoms with Crippen molar-refractivity contribution in [2.24, 2.45) is 0 Å². The highest BCUT2D eigenvalue weighted by molar-refractivity contribution is 6.07. The minimum atomic E-state index is -0.227. The van der Waals surface area contributed by atoms with Gasteiger partial charge in [-0.3, -0.25) is 14.4 Å². The Hall–Kier alpha value is -4.17. The maximum Gasteiger partial charge on any atom is 0.255 e. The van der Waals surface area contributed by atoms with Gasteiger partial charge in [0.05, 0.1) is 17.8 Å². The zero-order chi connectivity index (χ0) is 26.3. The quantitative estimate of drug-likeness (QED) is 0.532. The molecule has 3 aromatic carbocycles. The number of carbonyl (C=O) groups is 3. The summed E-state index contributed by atoms with van der Waals surface area (Å²) in [7, 11) is 0. The summed E-state index contributed by atoms with van der Waals surface area (Å²) in [5.41, 5.74) is 3.56. The lowest BCUT2D eigenvalue weighted by Gasteiger charge is -2.37. The average molecular weight is 512 g/mol. The zero-order valence-electron chi connectivity index (χ0n) is 21.4. The summed E-state index contributed by atoms with van der Waals surface area (Å²) >= 11 is 0. The molecule has 196 valence electrons. The van der Waals surface area contributed by atoms with Gasteiger partial charge in [0.25, 0.3) is 11.8 Å². The summed E-state index contributed by atoms with van der Waals surface area (Å²) in [4.78, 5) is 45.0. The third kappa shape index (κ3) is 6.03. The highest BCUT2D eigenvalue weighted by Gasteiger charge is 2.25. The van der Waals surface area contributed by atoms with Gasteiger partial charge >= 0.3 is 0 Å². The van der Waals surface area contributed by atoms with E-state index in [4.69, 9.17) is 0 Å². The van der Waals surface area contributed by atoms with Gasteiger partial charge in [-0.25, -0.2) is 0 Å². The number of nitrogens with one attached hydrogen (secondary N) is 2. The maximum atomic E-state index is 13.2. The molecule has 2 fully saturated rings. The van der Waals surface area contributed by atoms with Crippen LogP contribution in [-0.4, -0.2) is 79.9 Å². The van der Waals surface area contributed by atoms with Crippen LogP contribution in [0.25, 0.3) is 0 Å². The number of carbonyl (C=O) groups excluding carboxylic acids is 3. The van der Waals surface area contributed by atoms with E-state index in [1.54, 1.807) is 18.2 Å². The van der Waals surface area contributed by atoms with Crippen molar-refractivity contribution in [1.82, 2.24) is 15.1 Å². The molecule has 5 rings (SSSR count). The SMILES string of the molecule is O=C(Nc1cc(C(=O)N2CCNCC2)ccc1N1CCN(C(=O)Cc2ccccc2)CC1)c1ccccc1. The van der Waals surface area contributed by atoms with Crippen molar-refractivity contribution in [2.75, 3.05) is 62.6 Å². The van der Waals surface area contributed by atoms with Crippen LogP contribution in [0.2, 0.25) is 0 Å². The summed E-state index contributed by atoms with van der Waals surface area (Å²) in [6.45, 7) is 5.33. The van der Waals surface area contributed by atoms with E-state index < -0.39 is 0 Å². The summed E-state index contributed by atoms with van der Waals surface area (Å²) in [5, 5.41) is 6.31. The fourth-order valence-corrected chi connectivity index (χ4v) is 4.96. The van der Waals surface area contributed by atoms with E-state index in [2.05, 4.69) is 15.5 Å². The number of benzene rings is 3. The molecule has 2 saturated heterocycles. The van der Waals surface area contributed by atoms with E-state index in [-0.39, 0.29) is 17.7 Å². The van der Waals surface area contributed by atoms with Crippen molar-refractivity contribution < 1.29 is 14.4 Å². The van der Waals surface area contributed by atoms with Crippen molar-refractivity contribution in [3.05, 3.63) is 95.6 Å². The zero-order valence-corrected chi connectivity index (χ0v) is 21.4. The van der Waals surface area contributed by atoms with Gasteiger partial charge in [-0.15, -0.1) is 0 Å². The Morgan fingerprint density at radius 1 is 0.711 bits per heavy atom. The largest absolute Gasteiger partial charge is 0.366 e. The summed E-state index contributed by atoms with van der Waals surface area (Å²) in [6.07, 6.45) is 0.391. The molecule has 0 aromatic heterocycles. The maximum absolute atomic E-state index is 13.2. The van der Waals surface area contributed by atoms with Crippen LogP contribution in [0, 0.1) is 0 Å². The first-order chi connectivity index (χ1) is 18.6. The third-order valence-corrected chi connectivity index (χ3v) is 7.10. The monoisotopic (exact) mass is 511 g/mol. The Balaban J connectivity index is 1.33. The van der Waals surface area contributed by atoms with Gasteiger partial charge in [0, 0.05) is 63.5 Å². The number of nitrogens with zero attached hydrogens (tertiary/aromatic N) is 3. The van der Waals surface area contributed by atoms with Gasteiger partial charge in [0.1, 0.15) is 0 Å². The molecule has 3 amide bonds. The first-order valence-electron chi connectivity index (χ1n) is 13.2. The van der Waals surface area contributed by atoms with E-state index >= 15 is 0 Å². The lowest BCUT2D eigenvalue weighted by Crippen LogP contribution is -2.49. The number of hydrogen-bond acceptors (Lipinski definition) is 5. The third-order valence-electron chi connectivity index (χ3n) is 7.10. The van der Waals surface area contributed by atoms with Gasteiger partial charge < -0.3 is 25.3 Å². The van der Waals surface area contributed by atoms with Gasteiger partial charge in [0.2, 0.25) is 5.91 Å². The molecule has 0 spiro atoms. The molecule has 0 aliphatic carbocycles. The molecule has 2 aliphatic rings. The van der Waals surface area contributed by atoms with Crippen LogP contribution in [-0.2, 0) is 11.2 Å². The molecule has 3 aromatic rings. The second kappa shape index (κ2) is 11.9. The van der Waals surface area contributed by atoms with Crippen molar-refractivity contribution in [1.29, 1.82) is 0 Å². The van der Waals surface area contributed by atoms with Crippen LogP contribution in [0.5, 0.6) is 0 Å². The van der Waals surface area contributed by atoms with Crippen LogP contribution in [0.4, 0.5) is 11.4 Å². The fraction of sp³-hybridized carbons (Fsp3) is 0.300. The topological polar surface area (TPSA) is 85.0 Å². The van der Waals surface area contributed by atoms with Crippen molar-refractivity contribution in [2.45, 2.75) is 6.42 Å². The number of anilines is 2. The van der Waals surface area contributed by atoms with Gasteiger partial charge in [-0.05, 0) is 35.9 Å². The molecule has 0 saturated carbocycles. The first-order valence-corrected chi connectivity index (χ1v) is 13.2. The summed E-state index contributed by atoms with van der Waals surface area (Å²) in [5.74, 6) is -0.148. The van der Waals surface area contributed by atoms with E-state index in [0.29, 0.717) is 62.5 Å². The van der Waals surface area contributed by atoms with E-state index in [1.165, 1.54) is 0 Å². The van der Waals surface area contributed by atoms with Crippen LogP contribution < -0.4 is 15.5 Å². The van der Waals surface area contributed by atoms with E-state index in [1.807, 2.05) is 70.5 Å². The summed E-state index contributed by atoms with van der Waals surface area (Å²) < 4.78 is 0. The fourth-order valence-electron chi connectivity index (χ4n) is 4.96. The van der Waals surface area contributed by atoms with Crippen LogP contribution >= 0.6 is 0 Å². The lowest BCUT2D eigenvalue weighted by atomic mass is 10.1. The molecular weight excluding hydrogens is 478 g/mol. The van der Waals surface area contributed by atoms with Crippen LogP contribution in [0.15, 0.2) is 78.9 Å². The average Bonchev–Trinajstić information content (AvgIpc) is 2.98. The number of rotatable bonds is 6. The van der Waals surface area contributed by atoms with Crippen molar-refractivity contribution in [3.63, 3.8) is 0 Å². The molecular formula is C30H33N5O3. The summed E-state index contributed by atoms with van der Waals surface area (Å²) in [6, 6.07) is 24.4. The van der Waals surface area contributed by atoms with Gasteiger partial charge in [-0.1, -0.05) is 48.5 Å². The first kappa shape index (κ1) is 25.5. The Morgan fingerprint density at radius 2 is 1.37 bits per heavy atom. The van der Waals surface area contributed by atoms with E-state index in [9.17, 15) is 14.4 Å². The number of amides is 3. The Bertz CT molecular complexity index is 1270. The molecule has 0 bridgehead atoms.